The van der Waals surface area contributed by atoms with Crippen LogP contribution in [0.3, 0.4) is 0 Å². The molecule has 3 aromatic rings. The van der Waals surface area contributed by atoms with E-state index in [1.54, 1.807) is 41.5 Å². The van der Waals surface area contributed by atoms with Crippen molar-refractivity contribution in [1.29, 1.82) is 0 Å². The largest absolute Gasteiger partial charge is 0.477 e. The van der Waals surface area contributed by atoms with E-state index in [9.17, 15) is 23.2 Å². The first kappa shape index (κ1) is 42.8. The minimum atomic E-state index is -2.31. The van der Waals surface area contributed by atoms with Crippen LogP contribution in [0.5, 0.6) is 5.88 Å². The van der Waals surface area contributed by atoms with Crippen molar-refractivity contribution in [3.05, 3.63) is 47.3 Å². The van der Waals surface area contributed by atoms with Crippen molar-refractivity contribution in [3.8, 4) is 16.5 Å². The molecule has 0 aliphatic carbocycles. The minimum Gasteiger partial charge on any atom is -0.477 e. The molecule has 306 valence electrons. The maximum absolute atomic E-state index is 14.9. The Hall–Kier alpha value is -4.35. The van der Waals surface area contributed by atoms with Crippen molar-refractivity contribution < 1.29 is 41.8 Å². The number of thiazole rings is 1. The number of halogens is 2. The molecule has 1 fully saturated rings. The number of hydrogen-bond acceptors (Lipinski definition) is 11. The summed E-state index contributed by atoms with van der Waals surface area (Å²) in [6.45, 7) is 24.5. The number of pyridine rings is 1. The van der Waals surface area contributed by atoms with E-state index in [4.69, 9.17) is 18.6 Å². The van der Waals surface area contributed by atoms with Gasteiger partial charge in [0.25, 0.3) is 5.91 Å². The van der Waals surface area contributed by atoms with E-state index >= 15 is 0 Å². The van der Waals surface area contributed by atoms with Crippen LogP contribution >= 0.6 is 11.3 Å². The standard InChI is InChI=1S/C39H54F2N6O7SSi/c1-21-19-47(20-26(44-35(49)52-37(2,3)4)30(21)54-56(11,12)39(8,9)10)29-22-16-17-51-32(22)42-18-25(29)43-31(48)28-34(46-36(50)53-38(5,6)7)55-33(45-28)27-23(40)14-13-15-24(27)41/h13-15,18,21,26,30H,16-17,19-20H2,1-12H3,(H,43,48)(H,44,49)(H,46,50)/t21-,26+,30?/m0/s1. The summed E-state index contributed by atoms with van der Waals surface area (Å²) >= 11 is 0.730. The number of aromatic nitrogens is 2. The van der Waals surface area contributed by atoms with E-state index in [1.165, 1.54) is 12.3 Å². The molecule has 3 amide bonds. The highest BCUT2D eigenvalue weighted by atomic mass is 32.1. The molecule has 3 atom stereocenters. The van der Waals surface area contributed by atoms with Gasteiger partial charge in [0.1, 0.15) is 32.8 Å². The molecule has 0 bridgehead atoms. The van der Waals surface area contributed by atoms with Crippen LogP contribution in [-0.4, -0.2) is 79.4 Å². The fraction of sp³-hybridized carbons (Fsp3) is 0.564. The minimum absolute atomic E-state index is 0.0766. The van der Waals surface area contributed by atoms with Gasteiger partial charge in [-0.2, -0.15) is 0 Å². The van der Waals surface area contributed by atoms with Gasteiger partial charge in [-0.15, -0.1) is 0 Å². The van der Waals surface area contributed by atoms with E-state index in [2.05, 4.69) is 71.6 Å². The fourth-order valence-electron chi connectivity index (χ4n) is 6.27. The summed E-state index contributed by atoms with van der Waals surface area (Å²) in [5.74, 6) is -2.23. The van der Waals surface area contributed by atoms with E-state index in [0.29, 0.717) is 43.4 Å². The van der Waals surface area contributed by atoms with Gasteiger partial charge in [0.15, 0.2) is 14.0 Å². The summed E-state index contributed by atoms with van der Waals surface area (Å²) in [6.07, 6.45) is 0.166. The van der Waals surface area contributed by atoms with Crippen molar-refractivity contribution in [2.45, 2.75) is 117 Å². The second-order valence-corrected chi connectivity index (χ2v) is 23.5. The number of anilines is 3. The number of nitrogens with one attached hydrogen (secondary N) is 3. The molecule has 0 spiro atoms. The highest BCUT2D eigenvalue weighted by Crippen LogP contribution is 2.43. The van der Waals surface area contributed by atoms with Gasteiger partial charge in [0.2, 0.25) is 5.88 Å². The third kappa shape index (κ3) is 9.95. The zero-order valence-corrected chi connectivity index (χ0v) is 36.0. The van der Waals surface area contributed by atoms with Crippen molar-refractivity contribution in [3.63, 3.8) is 0 Å². The topological polar surface area (TPSA) is 153 Å². The average Bonchev–Trinajstić information content (AvgIpc) is 3.67. The third-order valence-electron chi connectivity index (χ3n) is 9.72. The highest BCUT2D eigenvalue weighted by Gasteiger charge is 2.46. The molecule has 56 heavy (non-hydrogen) atoms. The maximum atomic E-state index is 14.9. The predicted octanol–water partition coefficient (Wildman–Crippen LogP) is 8.76. The van der Waals surface area contributed by atoms with Crippen molar-refractivity contribution in [2.24, 2.45) is 5.92 Å². The van der Waals surface area contributed by atoms with Crippen molar-refractivity contribution >= 4 is 54.1 Å². The lowest BCUT2D eigenvalue weighted by molar-refractivity contribution is 0.0336. The fourth-order valence-corrected chi connectivity index (χ4v) is 8.70. The first-order valence-electron chi connectivity index (χ1n) is 18.7. The number of fused-ring (bicyclic) bond motifs is 1. The van der Waals surface area contributed by atoms with Gasteiger partial charge in [-0.25, -0.2) is 28.3 Å². The van der Waals surface area contributed by atoms with E-state index in [1.807, 2.05) is 0 Å². The number of carbonyl (C=O) groups excluding carboxylic acids is 3. The highest BCUT2D eigenvalue weighted by molar-refractivity contribution is 7.19. The molecule has 2 aliphatic rings. The molecule has 13 nitrogen and oxygen atoms in total. The Bertz CT molecular complexity index is 1950. The average molecular weight is 817 g/mol. The second kappa shape index (κ2) is 15.9. The Kier molecular flexibility index (Phi) is 12.1. The molecular weight excluding hydrogens is 763 g/mol. The molecule has 1 unspecified atom stereocenters. The molecule has 1 saturated heterocycles. The first-order chi connectivity index (χ1) is 25.8. The van der Waals surface area contributed by atoms with Crippen LogP contribution in [0.2, 0.25) is 18.1 Å². The number of benzene rings is 1. The Morgan fingerprint density at radius 1 is 0.946 bits per heavy atom. The number of rotatable bonds is 8. The van der Waals surface area contributed by atoms with Gasteiger partial charge in [-0.05, 0) is 71.8 Å². The zero-order valence-electron chi connectivity index (χ0n) is 34.2. The number of amides is 3. The summed E-state index contributed by atoms with van der Waals surface area (Å²) in [5.41, 5.74) is -0.643. The number of hydrogen-bond donors (Lipinski definition) is 3. The Balaban J connectivity index is 1.54. The summed E-state index contributed by atoms with van der Waals surface area (Å²) < 4.78 is 53.8. The van der Waals surface area contributed by atoms with Crippen LogP contribution in [0, 0.1) is 17.6 Å². The first-order valence-corrected chi connectivity index (χ1v) is 22.4. The summed E-state index contributed by atoms with van der Waals surface area (Å²) in [5, 5.41) is 8.21. The molecule has 17 heteroatoms. The van der Waals surface area contributed by atoms with Gasteiger partial charge >= 0.3 is 12.2 Å². The van der Waals surface area contributed by atoms with Crippen molar-refractivity contribution in [2.75, 3.05) is 35.2 Å². The van der Waals surface area contributed by atoms with Crippen LogP contribution < -0.4 is 25.6 Å². The van der Waals surface area contributed by atoms with Gasteiger partial charge in [-0.3, -0.25) is 10.1 Å². The van der Waals surface area contributed by atoms with E-state index in [-0.39, 0.29) is 32.8 Å². The molecule has 2 aromatic heterocycles. The van der Waals surface area contributed by atoms with Gasteiger partial charge in [0.05, 0.1) is 41.9 Å². The quantitative estimate of drug-likeness (QED) is 0.188. The molecule has 1 aromatic carbocycles. The summed E-state index contributed by atoms with van der Waals surface area (Å²) in [6, 6.07) is 2.87. The van der Waals surface area contributed by atoms with Crippen LogP contribution in [-0.2, 0) is 20.3 Å². The Labute approximate surface area is 332 Å². The van der Waals surface area contributed by atoms with E-state index < -0.39 is 60.9 Å². The number of alkyl carbamates (subject to hydrolysis) is 1. The van der Waals surface area contributed by atoms with Crippen LogP contribution in [0.25, 0.3) is 10.6 Å². The molecule has 0 saturated carbocycles. The number of nitrogens with zero attached hydrogens (tertiary/aromatic N) is 3. The second-order valence-electron chi connectivity index (χ2n) is 17.8. The maximum Gasteiger partial charge on any atom is 0.412 e. The van der Waals surface area contributed by atoms with Crippen LogP contribution in [0.15, 0.2) is 24.4 Å². The number of piperidine rings is 1. The molecule has 2 aliphatic heterocycles. The SMILES string of the molecule is C[C@H]1CN(c2c(NC(=O)c3nc(-c4c(F)cccc4F)sc3NC(=O)OC(C)(C)C)cnc3c2CCO3)C[C@@H](NC(=O)OC(C)(C)C)C1O[Si](C)(C)C(C)(C)C. The molecule has 0 radical (unpaired) electrons. The van der Waals surface area contributed by atoms with E-state index in [0.717, 1.165) is 29.0 Å². The Morgan fingerprint density at radius 3 is 2.18 bits per heavy atom. The summed E-state index contributed by atoms with van der Waals surface area (Å²) in [7, 11) is -2.31. The molecule has 5 rings (SSSR count). The van der Waals surface area contributed by atoms with Gasteiger partial charge < -0.3 is 34.2 Å². The Morgan fingerprint density at radius 2 is 1.57 bits per heavy atom. The summed E-state index contributed by atoms with van der Waals surface area (Å²) in [4.78, 5) is 51.3. The smallest absolute Gasteiger partial charge is 0.412 e. The normalized spacial score (nSPS) is 18.8. The third-order valence-corrected chi connectivity index (χ3v) is 15.2. The lowest BCUT2D eigenvalue weighted by Crippen LogP contribution is -2.63. The number of ether oxygens (including phenoxy) is 3. The molecule has 3 N–H and O–H groups in total. The van der Waals surface area contributed by atoms with Crippen LogP contribution in [0.1, 0.15) is 85.3 Å². The predicted molar refractivity (Wildman–Crippen MR) is 215 cm³/mol. The monoisotopic (exact) mass is 816 g/mol. The van der Waals surface area contributed by atoms with Gasteiger partial charge in [-0.1, -0.05) is 45.1 Å². The van der Waals surface area contributed by atoms with Crippen molar-refractivity contribution in [1.82, 2.24) is 15.3 Å². The lowest BCUT2D eigenvalue weighted by atomic mass is 9.91. The van der Waals surface area contributed by atoms with Gasteiger partial charge in [0, 0.05) is 31.0 Å². The molecular formula is C39H54F2N6O7SSi. The zero-order chi connectivity index (χ0) is 41.5. The molecule has 4 heterocycles. The number of carbonyl (C=O) groups is 3. The van der Waals surface area contributed by atoms with Crippen LogP contribution in [0.4, 0.5) is 34.7 Å². The lowest BCUT2D eigenvalue weighted by Gasteiger charge is -2.49.